The topological polar surface area (TPSA) is 49.4 Å². The number of rotatable bonds is 7. The molecule has 0 aliphatic rings. The van der Waals surface area contributed by atoms with Crippen molar-refractivity contribution in [1.82, 2.24) is 5.32 Å². The van der Waals surface area contributed by atoms with Crippen molar-refractivity contribution in [2.75, 3.05) is 18.0 Å². The fourth-order valence-corrected chi connectivity index (χ4v) is 2.82. The van der Waals surface area contributed by atoms with Crippen LogP contribution in [0.4, 0.5) is 5.69 Å². The normalized spacial score (nSPS) is 10.4. The Kier molecular flexibility index (Phi) is 7.29. The van der Waals surface area contributed by atoms with E-state index in [1.165, 1.54) is 17.4 Å². The van der Waals surface area contributed by atoms with Gasteiger partial charge in [0, 0.05) is 31.5 Å². The zero-order valence-corrected chi connectivity index (χ0v) is 15.5. The van der Waals surface area contributed by atoms with Gasteiger partial charge in [0.2, 0.25) is 11.8 Å². The molecule has 0 bridgehead atoms. The first-order valence-corrected chi connectivity index (χ1v) is 8.76. The van der Waals surface area contributed by atoms with E-state index in [1.54, 1.807) is 18.2 Å². The predicted molar refractivity (Wildman–Crippen MR) is 102 cm³/mol. The van der Waals surface area contributed by atoms with Crippen molar-refractivity contribution in [2.24, 2.45) is 0 Å². The predicted octanol–water partition coefficient (Wildman–Crippen LogP) is 4.10. The molecule has 1 N–H and O–H groups in total. The minimum absolute atomic E-state index is 0.111. The van der Waals surface area contributed by atoms with Crippen LogP contribution < -0.4 is 10.2 Å². The lowest BCUT2D eigenvalue weighted by molar-refractivity contribution is -0.121. The summed E-state index contributed by atoms with van der Waals surface area (Å²) in [7, 11) is 0. The molecule has 0 saturated heterocycles. The molecule has 6 heteroatoms. The quantitative estimate of drug-likeness (QED) is 0.788. The summed E-state index contributed by atoms with van der Waals surface area (Å²) >= 11 is 12.1. The zero-order chi connectivity index (χ0) is 18.2. The largest absolute Gasteiger partial charge is 0.356 e. The van der Waals surface area contributed by atoms with Crippen LogP contribution in [0.5, 0.6) is 0 Å². The molecule has 0 heterocycles. The maximum atomic E-state index is 12.0. The number of anilines is 1. The highest BCUT2D eigenvalue weighted by molar-refractivity contribution is 6.35. The summed E-state index contributed by atoms with van der Waals surface area (Å²) in [6.45, 7) is 2.23. The number of amides is 2. The molecule has 2 rings (SSSR count). The van der Waals surface area contributed by atoms with E-state index in [4.69, 9.17) is 23.2 Å². The van der Waals surface area contributed by atoms with Crippen molar-refractivity contribution >= 4 is 40.7 Å². The molecule has 132 valence electrons. The number of benzene rings is 2. The van der Waals surface area contributed by atoms with Gasteiger partial charge in [-0.25, -0.2) is 0 Å². The van der Waals surface area contributed by atoms with E-state index in [0.29, 0.717) is 22.3 Å². The molecule has 0 unspecified atom stereocenters. The van der Waals surface area contributed by atoms with E-state index >= 15 is 0 Å². The minimum Gasteiger partial charge on any atom is -0.356 e. The first-order valence-electron chi connectivity index (χ1n) is 8.01. The van der Waals surface area contributed by atoms with Crippen LogP contribution in [0.2, 0.25) is 10.0 Å². The number of carbonyl (C=O) groups excluding carboxylic acids is 2. The molecular formula is C19H20Cl2N2O2. The number of hydrogen-bond acceptors (Lipinski definition) is 2. The number of nitrogens with zero attached hydrogens (tertiary/aromatic N) is 1. The van der Waals surface area contributed by atoms with Gasteiger partial charge in [-0.1, -0.05) is 53.5 Å². The lowest BCUT2D eigenvalue weighted by Crippen LogP contribution is -2.34. The van der Waals surface area contributed by atoms with E-state index in [-0.39, 0.29) is 24.8 Å². The maximum Gasteiger partial charge on any atom is 0.223 e. The SMILES string of the molecule is CC(=O)N(CCC(=O)NCCc1ccccc1)c1cc(Cl)ccc1Cl. The van der Waals surface area contributed by atoms with Gasteiger partial charge in [-0.2, -0.15) is 0 Å². The molecule has 0 aromatic heterocycles. The van der Waals surface area contributed by atoms with Gasteiger partial charge in [0.25, 0.3) is 0 Å². The maximum absolute atomic E-state index is 12.0. The second-order valence-electron chi connectivity index (χ2n) is 5.60. The highest BCUT2D eigenvalue weighted by atomic mass is 35.5. The van der Waals surface area contributed by atoms with Crippen molar-refractivity contribution in [3.8, 4) is 0 Å². The third-order valence-corrected chi connectivity index (χ3v) is 4.27. The summed E-state index contributed by atoms with van der Waals surface area (Å²) in [6, 6.07) is 14.8. The van der Waals surface area contributed by atoms with Crippen LogP contribution in [-0.4, -0.2) is 24.9 Å². The Labute approximate surface area is 157 Å². The second-order valence-corrected chi connectivity index (χ2v) is 6.45. The van der Waals surface area contributed by atoms with E-state index in [9.17, 15) is 9.59 Å². The fraction of sp³-hybridized carbons (Fsp3) is 0.263. The highest BCUT2D eigenvalue weighted by Gasteiger charge is 2.16. The Morgan fingerprint density at radius 3 is 2.48 bits per heavy atom. The monoisotopic (exact) mass is 378 g/mol. The van der Waals surface area contributed by atoms with Gasteiger partial charge in [0.05, 0.1) is 10.7 Å². The Balaban J connectivity index is 1.87. The van der Waals surface area contributed by atoms with Crippen LogP contribution in [0.15, 0.2) is 48.5 Å². The van der Waals surface area contributed by atoms with Crippen molar-refractivity contribution in [2.45, 2.75) is 19.8 Å². The lowest BCUT2D eigenvalue weighted by atomic mass is 10.1. The van der Waals surface area contributed by atoms with Crippen LogP contribution in [0, 0.1) is 0 Å². The average molecular weight is 379 g/mol. The third-order valence-electron chi connectivity index (χ3n) is 3.72. The average Bonchev–Trinajstić information content (AvgIpc) is 2.58. The Bertz CT molecular complexity index is 735. The number of nitrogens with one attached hydrogen (secondary N) is 1. The van der Waals surface area contributed by atoms with E-state index < -0.39 is 0 Å². The molecule has 0 saturated carbocycles. The summed E-state index contributed by atoms with van der Waals surface area (Å²) in [5.41, 5.74) is 1.68. The second kappa shape index (κ2) is 9.44. The first kappa shape index (κ1) is 19.3. The Morgan fingerprint density at radius 1 is 1.08 bits per heavy atom. The molecule has 0 aliphatic heterocycles. The van der Waals surface area contributed by atoms with Gasteiger partial charge in [-0.15, -0.1) is 0 Å². The van der Waals surface area contributed by atoms with Crippen LogP contribution in [-0.2, 0) is 16.0 Å². The van der Waals surface area contributed by atoms with Gasteiger partial charge < -0.3 is 10.2 Å². The number of halogens is 2. The molecule has 2 aromatic rings. The van der Waals surface area contributed by atoms with Crippen molar-refractivity contribution in [1.29, 1.82) is 0 Å². The summed E-state index contributed by atoms with van der Waals surface area (Å²) < 4.78 is 0. The number of hydrogen-bond donors (Lipinski definition) is 1. The van der Waals surface area contributed by atoms with Crippen LogP contribution in [0.1, 0.15) is 18.9 Å². The molecule has 25 heavy (non-hydrogen) atoms. The highest BCUT2D eigenvalue weighted by Crippen LogP contribution is 2.29. The lowest BCUT2D eigenvalue weighted by Gasteiger charge is -2.22. The van der Waals surface area contributed by atoms with Gasteiger partial charge >= 0.3 is 0 Å². The van der Waals surface area contributed by atoms with Gasteiger partial charge in [-0.05, 0) is 30.2 Å². The van der Waals surface area contributed by atoms with Crippen LogP contribution >= 0.6 is 23.2 Å². The summed E-state index contributed by atoms with van der Waals surface area (Å²) in [6.07, 6.45) is 0.959. The zero-order valence-electron chi connectivity index (χ0n) is 14.0. The molecular weight excluding hydrogens is 359 g/mol. The van der Waals surface area contributed by atoms with Gasteiger partial charge in [-0.3, -0.25) is 9.59 Å². The summed E-state index contributed by atoms with van der Waals surface area (Å²) in [5.74, 6) is -0.304. The first-order chi connectivity index (χ1) is 12.0. The smallest absolute Gasteiger partial charge is 0.223 e. The van der Waals surface area contributed by atoms with Gasteiger partial charge in [0.1, 0.15) is 0 Å². The fourth-order valence-electron chi connectivity index (χ4n) is 2.43. The third kappa shape index (κ3) is 6.07. The van der Waals surface area contributed by atoms with Crippen LogP contribution in [0.3, 0.4) is 0 Å². The van der Waals surface area contributed by atoms with Crippen LogP contribution in [0.25, 0.3) is 0 Å². The van der Waals surface area contributed by atoms with Crippen molar-refractivity contribution in [3.05, 3.63) is 64.1 Å². The molecule has 0 atom stereocenters. The van der Waals surface area contributed by atoms with Gasteiger partial charge in [0.15, 0.2) is 0 Å². The molecule has 4 nitrogen and oxygen atoms in total. The minimum atomic E-state index is -0.193. The number of carbonyl (C=O) groups is 2. The molecule has 2 aromatic carbocycles. The molecule has 2 amide bonds. The van der Waals surface area contributed by atoms with Crippen molar-refractivity contribution < 1.29 is 9.59 Å². The van der Waals surface area contributed by atoms with E-state index in [2.05, 4.69) is 5.32 Å². The Morgan fingerprint density at radius 2 is 1.80 bits per heavy atom. The van der Waals surface area contributed by atoms with E-state index in [1.807, 2.05) is 30.3 Å². The van der Waals surface area contributed by atoms with E-state index in [0.717, 1.165) is 6.42 Å². The Hall–Kier alpha value is -2.04. The molecule has 0 aliphatic carbocycles. The molecule has 0 radical (unpaired) electrons. The molecule has 0 spiro atoms. The molecule has 0 fully saturated rings. The van der Waals surface area contributed by atoms with Crippen molar-refractivity contribution in [3.63, 3.8) is 0 Å². The summed E-state index contributed by atoms with van der Waals surface area (Å²) in [4.78, 5) is 25.4. The standard InChI is InChI=1S/C19H20Cl2N2O2/c1-14(24)23(18-13-16(20)7-8-17(18)21)12-10-19(25)22-11-9-15-5-3-2-4-6-15/h2-8,13H,9-12H2,1H3,(H,22,25). The summed E-state index contributed by atoms with van der Waals surface area (Å²) in [5, 5.41) is 3.77.